The summed E-state index contributed by atoms with van der Waals surface area (Å²) >= 11 is 0. The molecular formula is C12H22N6O. The fourth-order valence-electron chi connectivity index (χ4n) is 2.06. The SMILES string of the molecule is CCNc1nc(OC)nc(N2CCCN(C)CC2)n1. The van der Waals surface area contributed by atoms with E-state index >= 15 is 0 Å². The first-order valence-corrected chi connectivity index (χ1v) is 6.70. The van der Waals surface area contributed by atoms with E-state index in [0.29, 0.717) is 17.9 Å². The zero-order chi connectivity index (χ0) is 13.7. The van der Waals surface area contributed by atoms with Crippen molar-refractivity contribution in [1.29, 1.82) is 0 Å². The third-order valence-electron chi connectivity index (χ3n) is 3.12. The third kappa shape index (κ3) is 3.66. The van der Waals surface area contributed by atoms with Gasteiger partial charge in [-0.2, -0.15) is 15.0 Å². The van der Waals surface area contributed by atoms with Gasteiger partial charge in [0.05, 0.1) is 7.11 Å². The summed E-state index contributed by atoms with van der Waals surface area (Å²) in [6.07, 6.45) is 1.11. The Bertz CT molecular complexity index is 413. The molecule has 0 saturated carbocycles. The molecule has 0 aromatic carbocycles. The number of aromatic nitrogens is 3. The lowest BCUT2D eigenvalue weighted by Crippen LogP contribution is -2.30. The molecule has 1 aromatic rings. The van der Waals surface area contributed by atoms with Crippen molar-refractivity contribution in [2.24, 2.45) is 0 Å². The van der Waals surface area contributed by atoms with Crippen LogP contribution in [0.25, 0.3) is 0 Å². The fourth-order valence-corrected chi connectivity index (χ4v) is 2.06. The molecule has 0 bridgehead atoms. The molecule has 1 fully saturated rings. The quantitative estimate of drug-likeness (QED) is 0.849. The molecule has 0 unspecified atom stereocenters. The van der Waals surface area contributed by atoms with Crippen molar-refractivity contribution in [2.45, 2.75) is 13.3 Å². The van der Waals surface area contributed by atoms with E-state index in [1.165, 1.54) is 0 Å². The van der Waals surface area contributed by atoms with E-state index in [1.807, 2.05) is 6.92 Å². The number of anilines is 2. The van der Waals surface area contributed by atoms with Gasteiger partial charge in [-0.05, 0) is 26.9 Å². The summed E-state index contributed by atoms with van der Waals surface area (Å²) in [5.41, 5.74) is 0. The smallest absolute Gasteiger partial charge is 0.322 e. The maximum atomic E-state index is 5.15. The first-order valence-electron chi connectivity index (χ1n) is 6.70. The minimum absolute atomic E-state index is 0.360. The van der Waals surface area contributed by atoms with Crippen LogP contribution in [-0.2, 0) is 0 Å². The minimum Gasteiger partial charge on any atom is -0.467 e. The van der Waals surface area contributed by atoms with Gasteiger partial charge in [-0.1, -0.05) is 0 Å². The lowest BCUT2D eigenvalue weighted by Gasteiger charge is -2.21. The van der Waals surface area contributed by atoms with Gasteiger partial charge < -0.3 is 19.9 Å². The highest BCUT2D eigenvalue weighted by atomic mass is 16.5. The van der Waals surface area contributed by atoms with Crippen LogP contribution in [0.4, 0.5) is 11.9 Å². The first-order chi connectivity index (χ1) is 9.22. The summed E-state index contributed by atoms with van der Waals surface area (Å²) in [4.78, 5) is 17.5. The van der Waals surface area contributed by atoms with Crippen molar-refractivity contribution in [2.75, 3.05) is 57.1 Å². The molecule has 1 aliphatic heterocycles. The summed E-state index contributed by atoms with van der Waals surface area (Å²) in [5.74, 6) is 1.26. The Labute approximate surface area is 114 Å². The van der Waals surface area contributed by atoms with Crippen LogP contribution >= 0.6 is 0 Å². The molecule has 0 radical (unpaired) electrons. The lowest BCUT2D eigenvalue weighted by molar-refractivity contribution is 0.359. The van der Waals surface area contributed by atoms with Crippen molar-refractivity contribution in [3.63, 3.8) is 0 Å². The van der Waals surface area contributed by atoms with Crippen LogP contribution in [0.2, 0.25) is 0 Å². The highest BCUT2D eigenvalue weighted by Crippen LogP contribution is 2.16. The van der Waals surface area contributed by atoms with Crippen LogP contribution in [-0.4, -0.2) is 66.7 Å². The van der Waals surface area contributed by atoms with Crippen molar-refractivity contribution >= 4 is 11.9 Å². The Kier molecular flexibility index (Phi) is 4.73. The van der Waals surface area contributed by atoms with Gasteiger partial charge in [0.15, 0.2) is 0 Å². The van der Waals surface area contributed by atoms with E-state index in [0.717, 1.165) is 39.1 Å². The molecule has 19 heavy (non-hydrogen) atoms. The molecule has 106 valence electrons. The zero-order valence-corrected chi connectivity index (χ0v) is 11.9. The Hall–Kier alpha value is -1.63. The molecule has 7 nitrogen and oxygen atoms in total. The van der Waals surface area contributed by atoms with Crippen LogP contribution in [0.1, 0.15) is 13.3 Å². The fraction of sp³-hybridized carbons (Fsp3) is 0.750. The van der Waals surface area contributed by atoms with E-state index in [-0.39, 0.29) is 0 Å². The number of hydrogen-bond acceptors (Lipinski definition) is 7. The molecule has 1 aliphatic rings. The second-order valence-corrected chi connectivity index (χ2v) is 4.62. The van der Waals surface area contributed by atoms with Crippen LogP contribution < -0.4 is 15.0 Å². The van der Waals surface area contributed by atoms with Crippen LogP contribution in [0.5, 0.6) is 6.01 Å². The molecule has 2 heterocycles. The molecule has 1 aromatic heterocycles. The summed E-state index contributed by atoms with van der Waals surface area (Å²) in [5, 5.41) is 3.11. The molecular weight excluding hydrogens is 244 g/mol. The molecule has 2 rings (SSSR count). The van der Waals surface area contributed by atoms with Gasteiger partial charge in [-0.3, -0.25) is 0 Å². The summed E-state index contributed by atoms with van der Waals surface area (Å²) in [6, 6.07) is 0.360. The predicted molar refractivity (Wildman–Crippen MR) is 74.9 cm³/mol. The summed E-state index contributed by atoms with van der Waals surface area (Å²) < 4.78 is 5.15. The van der Waals surface area contributed by atoms with Crippen molar-refractivity contribution in [1.82, 2.24) is 19.9 Å². The largest absolute Gasteiger partial charge is 0.467 e. The standard InChI is InChI=1S/C12H22N6O/c1-4-13-10-14-11(16-12(15-10)19-3)18-7-5-6-17(2)8-9-18/h4-9H2,1-3H3,(H,13,14,15,16). The topological polar surface area (TPSA) is 66.4 Å². The molecule has 0 spiro atoms. The minimum atomic E-state index is 0.360. The highest BCUT2D eigenvalue weighted by Gasteiger charge is 2.17. The van der Waals surface area contributed by atoms with Crippen LogP contribution in [0.15, 0.2) is 0 Å². The van der Waals surface area contributed by atoms with Crippen molar-refractivity contribution in [3.8, 4) is 6.01 Å². The van der Waals surface area contributed by atoms with Gasteiger partial charge in [0.2, 0.25) is 11.9 Å². The normalized spacial score (nSPS) is 17.1. The van der Waals surface area contributed by atoms with Crippen molar-refractivity contribution < 1.29 is 4.74 Å². The Morgan fingerprint density at radius 1 is 1.16 bits per heavy atom. The Morgan fingerprint density at radius 2 is 2.00 bits per heavy atom. The van der Waals surface area contributed by atoms with E-state index in [1.54, 1.807) is 7.11 Å². The number of nitrogens with one attached hydrogen (secondary N) is 1. The van der Waals surface area contributed by atoms with E-state index < -0.39 is 0 Å². The summed E-state index contributed by atoms with van der Waals surface area (Å²) in [6.45, 7) is 6.80. The van der Waals surface area contributed by atoms with Gasteiger partial charge >= 0.3 is 6.01 Å². The van der Waals surface area contributed by atoms with Gasteiger partial charge in [0.25, 0.3) is 0 Å². The number of likely N-dealkylation sites (N-methyl/N-ethyl adjacent to an activating group) is 1. The lowest BCUT2D eigenvalue weighted by atomic mass is 10.4. The van der Waals surface area contributed by atoms with Gasteiger partial charge in [-0.15, -0.1) is 0 Å². The number of hydrogen-bond donors (Lipinski definition) is 1. The second kappa shape index (κ2) is 6.51. The molecule has 0 amide bonds. The molecule has 7 heteroatoms. The zero-order valence-electron chi connectivity index (χ0n) is 11.9. The Morgan fingerprint density at radius 3 is 2.74 bits per heavy atom. The van der Waals surface area contributed by atoms with E-state index in [9.17, 15) is 0 Å². The Balaban J connectivity index is 2.19. The molecule has 1 saturated heterocycles. The van der Waals surface area contributed by atoms with Gasteiger partial charge in [0, 0.05) is 26.2 Å². The monoisotopic (exact) mass is 266 g/mol. The highest BCUT2D eigenvalue weighted by molar-refractivity contribution is 5.38. The first kappa shape index (κ1) is 13.8. The maximum absolute atomic E-state index is 5.15. The maximum Gasteiger partial charge on any atom is 0.322 e. The van der Waals surface area contributed by atoms with Crippen LogP contribution in [0.3, 0.4) is 0 Å². The van der Waals surface area contributed by atoms with Crippen molar-refractivity contribution in [3.05, 3.63) is 0 Å². The van der Waals surface area contributed by atoms with Gasteiger partial charge in [0.1, 0.15) is 0 Å². The summed E-state index contributed by atoms with van der Waals surface area (Å²) in [7, 11) is 3.71. The van der Waals surface area contributed by atoms with Gasteiger partial charge in [-0.25, -0.2) is 0 Å². The van der Waals surface area contributed by atoms with E-state index in [2.05, 4.69) is 37.1 Å². The number of ether oxygens (including phenoxy) is 1. The third-order valence-corrected chi connectivity index (χ3v) is 3.12. The van der Waals surface area contributed by atoms with E-state index in [4.69, 9.17) is 4.74 Å². The van der Waals surface area contributed by atoms with Crippen LogP contribution in [0, 0.1) is 0 Å². The number of nitrogens with zero attached hydrogens (tertiary/aromatic N) is 5. The molecule has 0 atom stereocenters. The predicted octanol–water partition coefficient (Wildman–Crippen LogP) is 0.454. The average molecular weight is 266 g/mol. The molecule has 1 N–H and O–H groups in total. The number of rotatable bonds is 4. The number of methoxy groups -OCH3 is 1. The average Bonchev–Trinajstić information content (AvgIpc) is 2.63. The second-order valence-electron chi connectivity index (χ2n) is 4.62. The molecule has 0 aliphatic carbocycles.